The molecule has 2 aromatic heterocycles. The van der Waals surface area contributed by atoms with E-state index in [1.54, 1.807) is 18.3 Å². The fourth-order valence-corrected chi connectivity index (χ4v) is 2.63. The van der Waals surface area contributed by atoms with Crippen molar-refractivity contribution in [1.29, 1.82) is 0 Å². The third-order valence-corrected chi connectivity index (χ3v) is 3.69. The van der Waals surface area contributed by atoms with Gasteiger partial charge in [-0.15, -0.1) is 11.3 Å². The van der Waals surface area contributed by atoms with E-state index in [-0.39, 0.29) is 5.95 Å². The molecule has 2 aromatic rings. The number of aromatic nitrogens is 3. The molecule has 0 aliphatic carbocycles. The molecular formula is C10H12BrN5S. The van der Waals surface area contributed by atoms with Crippen LogP contribution in [0.3, 0.4) is 0 Å². The van der Waals surface area contributed by atoms with Crippen molar-refractivity contribution in [3.8, 4) is 0 Å². The molecule has 2 N–H and O–H groups in total. The number of thiophene rings is 1. The number of rotatable bonds is 3. The maximum Gasteiger partial charge on any atom is 0.230 e. The molecule has 0 bridgehead atoms. The number of halogens is 1. The van der Waals surface area contributed by atoms with E-state index < -0.39 is 0 Å². The molecular weight excluding hydrogens is 302 g/mol. The molecule has 5 nitrogen and oxygen atoms in total. The molecule has 0 fully saturated rings. The van der Waals surface area contributed by atoms with Gasteiger partial charge in [-0.3, -0.25) is 0 Å². The average Bonchev–Trinajstić information content (AvgIpc) is 2.62. The lowest BCUT2D eigenvalue weighted by atomic mass is 10.3. The molecule has 0 spiro atoms. The zero-order valence-corrected chi connectivity index (χ0v) is 11.9. The van der Waals surface area contributed by atoms with Crippen LogP contribution in [-0.2, 0) is 6.54 Å². The summed E-state index contributed by atoms with van der Waals surface area (Å²) in [6.45, 7) is 2.54. The molecule has 90 valence electrons. The molecule has 0 saturated carbocycles. The third kappa shape index (κ3) is 3.13. The summed E-state index contributed by atoms with van der Waals surface area (Å²) in [6, 6.07) is 2.08. The summed E-state index contributed by atoms with van der Waals surface area (Å²) in [5.74, 6) is 1.48. The zero-order chi connectivity index (χ0) is 12.4. The van der Waals surface area contributed by atoms with Crippen LogP contribution >= 0.6 is 27.3 Å². The Bertz CT molecular complexity index is 507. The van der Waals surface area contributed by atoms with E-state index in [2.05, 4.69) is 42.3 Å². The Kier molecular flexibility index (Phi) is 3.58. The second kappa shape index (κ2) is 4.97. The minimum absolute atomic E-state index is 0.255. The highest BCUT2D eigenvalue weighted by Crippen LogP contribution is 2.22. The van der Waals surface area contributed by atoms with Crippen LogP contribution in [0.4, 0.5) is 11.9 Å². The highest BCUT2D eigenvalue weighted by molar-refractivity contribution is 9.11. The van der Waals surface area contributed by atoms with Crippen molar-refractivity contribution in [3.05, 3.63) is 26.6 Å². The molecule has 0 aromatic carbocycles. The number of nitrogen functional groups attached to an aromatic ring is 1. The Morgan fingerprint density at radius 3 is 2.76 bits per heavy atom. The fraction of sp³-hybridized carbons (Fsp3) is 0.300. The van der Waals surface area contributed by atoms with E-state index in [9.17, 15) is 0 Å². The standard InChI is InChI=1S/C10H12BrN5S/c1-6-13-9(12)15-10(14-6)16(2)4-7-3-8(11)17-5-7/h3,5H,4H2,1-2H3,(H2,12,13,14,15). The number of hydrogen-bond donors (Lipinski definition) is 1. The van der Waals surface area contributed by atoms with E-state index in [1.807, 2.05) is 11.9 Å². The van der Waals surface area contributed by atoms with Crippen molar-refractivity contribution >= 4 is 39.2 Å². The Morgan fingerprint density at radius 2 is 2.18 bits per heavy atom. The maximum atomic E-state index is 5.60. The minimum Gasteiger partial charge on any atom is -0.368 e. The van der Waals surface area contributed by atoms with Gasteiger partial charge in [0.25, 0.3) is 0 Å². The fourth-order valence-electron chi connectivity index (χ4n) is 1.43. The van der Waals surface area contributed by atoms with Gasteiger partial charge in [-0.2, -0.15) is 15.0 Å². The molecule has 0 aliphatic heterocycles. The van der Waals surface area contributed by atoms with Crippen molar-refractivity contribution < 1.29 is 0 Å². The van der Waals surface area contributed by atoms with E-state index in [0.717, 1.165) is 10.3 Å². The summed E-state index contributed by atoms with van der Waals surface area (Å²) < 4.78 is 1.12. The summed E-state index contributed by atoms with van der Waals surface area (Å²) in [7, 11) is 1.93. The number of nitrogens with zero attached hydrogens (tertiary/aromatic N) is 4. The van der Waals surface area contributed by atoms with E-state index in [4.69, 9.17) is 5.73 Å². The largest absolute Gasteiger partial charge is 0.368 e. The number of anilines is 2. The van der Waals surface area contributed by atoms with Gasteiger partial charge < -0.3 is 10.6 Å². The Labute approximate surface area is 112 Å². The molecule has 2 rings (SSSR count). The minimum atomic E-state index is 0.255. The van der Waals surface area contributed by atoms with Crippen LogP contribution in [0, 0.1) is 6.92 Å². The van der Waals surface area contributed by atoms with Crippen molar-refractivity contribution in [3.63, 3.8) is 0 Å². The summed E-state index contributed by atoms with van der Waals surface area (Å²) in [6.07, 6.45) is 0. The second-order valence-corrected chi connectivity index (χ2v) is 5.95. The van der Waals surface area contributed by atoms with Gasteiger partial charge in [0.2, 0.25) is 11.9 Å². The van der Waals surface area contributed by atoms with Crippen LogP contribution in [0.25, 0.3) is 0 Å². The van der Waals surface area contributed by atoms with Crippen LogP contribution in [-0.4, -0.2) is 22.0 Å². The topological polar surface area (TPSA) is 67.9 Å². The number of hydrogen-bond acceptors (Lipinski definition) is 6. The zero-order valence-electron chi connectivity index (χ0n) is 9.51. The average molecular weight is 314 g/mol. The van der Waals surface area contributed by atoms with Gasteiger partial charge in [0, 0.05) is 13.6 Å². The van der Waals surface area contributed by atoms with Gasteiger partial charge in [-0.05, 0) is 39.9 Å². The molecule has 0 radical (unpaired) electrons. The lowest BCUT2D eigenvalue weighted by Gasteiger charge is -2.16. The van der Waals surface area contributed by atoms with E-state index >= 15 is 0 Å². The van der Waals surface area contributed by atoms with Crippen LogP contribution in [0.5, 0.6) is 0 Å². The first kappa shape index (κ1) is 12.3. The van der Waals surface area contributed by atoms with E-state index in [1.165, 1.54) is 5.56 Å². The van der Waals surface area contributed by atoms with Crippen LogP contribution < -0.4 is 10.6 Å². The molecule has 0 amide bonds. The third-order valence-electron chi connectivity index (χ3n) is 2.14. The van der Waals surface area contributed by atoms with Crippen molar-refractivity contribution in [2.75, 3.05) is 17.7 Å². The van der Waals surface area contributed by atoms with Crippen molar-refractivity contribution in [2.24, 2.45) is 0 Å². The summed E-state index contributed by atoms with van der Waals surface area (Å²) in [4.78, 5) is 14.3. The molecule has 7 heteroatoms. The van der Waals surface area contributed by atoms with Crippen molar-refractivity contribution in [1.82, 2.24) is 15.0 Å². The summed E-state index contributed by atoms with van der Waals surface area (Å²) >= 11 is 5.10. The summed E-state index contributed by atoms with van der Waals surface area (Å²) in [5, 5.41) is 2.10. The maximum absolute atomic E-state index is 5.60. The highest BCUT2D eigenvalue weighted by atomic mass is 79.9. The first-order chi connectivity index (χ1) is 8.04. The molecule has 0 unspecified atom stereocenters. The first-order valence-corrected chi connectivity index (χ1v) is 6.64. The molecule has 0 atom stereocenters. The van der Waals surface area contributed by atoms with Crippen molar-refractivity contribution in [2.45, 2.75) is 13.5 Å². The van der Waals surface area contributed by atoms with Gasteiger partial charge >= 0.3 is 0 Å². The first-order valence-electron chi connectivity index (χ1n) is 4.97. The van der Waals surface area contributed by atoms with Gasteiger partial charge in [-0.25, -0.2) is 0 Å². The smallest absolute Gasteiger partial charge is 0.230 e. The van der Waals surface area contributed by atoms with Crippen LogP contribution in [0.15, 0.2) is 15.2 Å². The number of aryl methyl sites for hydroxylation is 1. The predicted octanol–water partition coefficient (Wildman–Crippen LogP) is 2.22. The van der Waals surface area contributed by atoms with Gasteiger partial charge in [-0.1, -0.05) is 0 Å². The molecule has 17 heavy (non-hydrogen) atoms. The van der Waals surface area contributed by atoms with Gasteiger partial charge in [0.05, 0.1) is 3.79 Å². The monoisotopic (exact) mass is 313 g/mol. The quantitative estimate of drug-likeness (QED) is 0.941. The SMILES string of the molecule is Cc1nc(N)nc(N(C)Cc2csc(Br)c2)n1. The Hall–Kier alpha value is -1.21. The van der Waals surface area contributed by atoms with Crippen LogP contribution in [0.2, 0.25) is 0 Å². The van der Waals surface area contributed by atoms with E-state index in [0.29, 0.717) is 11.8 Å². The normalized spacial score (nSPS) is 10.5. The molecule has 0 aliphatic rings. The Morgan fingerprint density at radius 1 is 1.41 bits per heavy atom. The second-order valence-electron chi connectivity index (χ2n) is 3.66. The Balaban J connectivity index is 2.16. The van der Waals surface area contributed by atoms with Gasteiger partial charge in [0.1, 0.15) is 5.82 Å². The highest BCUT2D eigenvalue weighted by Gasteiger charge is 2.08. The van der Waals surface area contributed by atoms with Gasteiger partial charge in [0.15, 0.2) is 0 Å². The molecule has 2 heterocycles. The lowest BCUT2D eigenvalue weighted by molar-refractivity contribution is 0.844. The summed E-state index contributed by atoms with van der Waals surface area (Å²) in [5.41, 5.74) is 6.81. The predicted molar refractivity (Wildman–Crippen MR) is 73.1 cm³/mol. The van der Waals surface area contributed by atoms with Crippen LogP contribution in [0.1, 0.15) is 11.4 Å². The molecule has 0 saturated heterocycles. The lowest BCUT2D eigenvalue weighted by Crippen LogP contribution is -2.20. The number of nitrogens with two attached hydrogens (primary N) is 1.